The Kier molecular flexibility index (Phi) is 2.89. The molecule has 1 aliphatic carbocycles. The standard InChI is InChI=1S/C12H14F2O/c13-12(14)11(8-4-3-5-8)9-6-1-2-7-10(9)15/h1-2,6-8,11-12,15H,3-5H2. The smallest absolute Gasteiger partial charge is 0.245 e. The fraction of sp³-hybridized carbons (Fsp3) is 0.500. The highest BCUT2D eigenvalue weighted by Gasteiger charge is 2.36. The maximum Gasteiger partial charge on any atom is 0.245 e. The highest BCUT2D eigenvalue weighted by molar-refractivity contribution is 5.36. The van der Waals surface area contributed by atoms with Crippen molar-refractivity contribution >= 4 is 0 Å². The van der Waals surface area contributed by atoms with Crippen LogP contribution in [0.1, 0.15) is 30.7 Å². The molecule has 2 rings (SSSR count). The Balaban J connectivity index is 2.27. The van der Waals surface area contributed by atoms with Crippen LogP contribution in [-0.4, -0.2) is 11.5 Å². The van der Waals surface area contributed by atoms with Crippen LogP contribution in [0, 0.1) is 5.92 Å². The molecule has 0 amide bonds. The summed E-state index contributed by atoms with van der Waals surface area (Å²) in [4.78, 5) is 0. The Labute approximate surface area is 87.7 Å². The number of para-hydroxylation sites is 1. The van der Waals surface area contributed by atoms with E-state index in [9.17, 15) is 13.9 Å². The minimum Gasteiger partial charge on any atom is -0.508 e. The zero-order valence-electron chi connectivity index (χ0n) is 8.37. The Morgan fingerprint density at radius 3 is 2.33 bits per heavy atom. The summed E-state index contributed by atoms with van der Waals surface area (Å²) in [6.45, 7) is 0. The van der Waals surface area contributed by atoms with Gasteiger partial charge in [-0.2, -0.15) is 0 Å². The van der Waals surface area contributed by atoms with Crippen LogP contribution in [0.15, 0.2) is 24.3 Å². The van der Waals surface area contributed by atoms with E-state index in [2.05, 4.69) is 0 Å². The first-order chi connectivity index (χ1) is 7.20. The highest BCUT2D eigenvalue weighted by atomic mass is 19.3. The molecule has 0 aliphatic heterocycles. The SMILES string of the molecule is Oc1ccccc1C(C(F)F)C1CCC1. The molecule has 15 heavy (non-hydrogen) atoms. The van der Waals surface area contributed by atoms with Crippen molar-refractivity contribution in [2.75, 3.05) is 0 Å². The molecule has 1 aromatic rings. The second kappa shape index (κ2) is 4.17. The molecular weight excluding hydrogens is 198 g/mol. The Morgan fingerprint density at radius 2 is 1.87 bits per heavy atom. The highest BCUT2D eigenvalue weighted by Crippen LogP contribution is 2.44. The Morgan fingerprint density at radius 1 is 1.20 bits per heavy atom. The molecule has 0 aromatic heterocycles. The van der Waals surface area contributed by atoms with Crippen LogP contribution in [0.3, 0.4) is 0 Å². The fourth-order valence-electron chi connectivity index (χ4n) is 2.16. The Hall–Kier alpha value is -1.12. The van der Waals surface area contributed by atoms with Crippen molar-refractivity contribution in [2.24, 2.45) is 5.92 Å². The molecule has 0 heterocycles. The van der Waals surface area contributed by atoms with Crippen molar-refractivity contribution in [2.45, 2.75) is 31.6 Å². The second-order valence-corrected chi connectivity index (χ2v) is 4.11. The number of aromatic hydroxyl groups is 1. The van der Waals surface area contributed by atoms with Crippen molar-refractivity contribution in [1.29, 1.82) is 0 Å². The number of benzene rings is 1. The van der Waals surface area contributed by atoms with Gasteiger partial charge in [-0.25, -0.2) is 8.78 Å². The van der Waals surface area contributed by atoms with Crippen molar-refractivity contribution in [1.82, 2.24) is 0 Å². The predicted octanol–water partition coefficient (Wildman–Crippen LogP) is 3.54. The third-order valence-electron chi connectivity index (χ3n) is 3.23. The zero-order chi connectivity index (χ0) is 10.8. The number of phenols is 1. The number of hydrogen-bond donors (Lipinski definition) is 1. The molecule has 1 aliphatic rings. The van der Waals surface area contributed by atoms with Crippen LogP contribution in [0.2, 0.25) is 0 Å². The van der Waals surface area contributed by atoms with Crippen LogP contribution in [0.25, 0.3) is 0 Å². The third kappa shape index (κ3) is 1.96. The van der Waals surface area contributed by atoms with Crippen molar-refractivity contribution in [3.8, 4) is 5.75 Å². The maximum atomic E-state index is 12.9. The number of rotatable bonds is 3. The van der Waals surface area contributed by atoms with Crippen LogP contribution in [-0.2, 0) is 0 Å². The Bertz CT molecular complexity index is 334. The lowest BCUT2D eigenvalue weighted by atomic mass is 9.73. The first-order valence-electron chi connectivity index (χ1n) is 5.26. The minimum atomic E-state index is -2.39. The molecular formula is C12H14F2O. The minimum absolute atomic E-state index is 0.00491. The third-order valence-corrected chi connectivity index (χ3v) is 3.23. The van der Waals surface area contributed by atoms with Gasteiger partial charge < -0.3 is 5.11 Å². The van der Waals surface area contributed by atoms with Crippen LogP contribution in [0.5, 0.6) is 5.75 Å². The first kappa shape index (κ1) is 10.4. The summed E-state index contributed by atoms with van der Waals surface area (Å²) in [5, 5.41) is 9.56. The molecule has 1 unspecified atom stereocenters. The summed E-state index contributed by atoms with van der Waals surface area (Å²) in [5.41, 5.74) is 0.400. The largest absolute Gasteiger partial charge is 0.508 e. The lowest BCUT2D eigenvalue weighted by Gasteiger charge is -2.33. The summed E-state index contributed by atoms with van der Waals surface area (Å²) in [7, 11) is 0. The molecule has 0 spiro atoms. The average Bonchev–Trinajstić information content (AvgIpc) is 2.12. The summed E-state index contributed by atoms with van der Waals surface area (Å²) in [6, 6.07) is 6.43. The van der Waals surface area contributed by atoms with E-state index in [4.69, 9.17) is 0 Å². The summed E-state index contributed by atoms with van der Waals surface area (Å²) in [6.07, 6.45) is 0.345. The van der Waals surface area contributed by atoms with E-state index in [1.54, 1.807) is 18.2 Å². The first-order valence-corrected chi connectivity index (χ1v) is 5.26. The van der Waals surface area contributed by atoms with Crippen molar-refractivity contribution in [3.05, 3.63) is 29.8 Å². The maximum absolute atomic E-state index is 12.9. The molecule has 3 heteroatoms. The monoisotopic (exact) mass is 212 g/mol. The van der Waals surface area contributed by atoms with Gasteiger partial charge in [0.1, 0.15) is 5.75 Å². The average molecular weight is 212 g/mol. The van der Waals surface area contributed by atoms with E-state index in [1.807, 2.05) is 0 Å². The van der Waals surface area contributed by atoms with Gasteiger partial charge in [-0.1, -0.05) is 24.6 Å². The van der Waals surface area contributed by atoms with Gasteiger partial charge in [0.15, 0.2) is 0 Å². The molecule has 1 saturated carbocycles. The molecule has 1 nitrogen and oxygen atoms in total. The molecule has 82 valence electrons. The van der Waals surface area contributed by atoms with Gasteiger partial charge in [-0.05, 0) is 24.8 Å². The number of alkyl halides is 2. The lowest BCUT2D eigenvalue weighted by molar-refractivity contribution is 0.0605. The molecule has 0 radical (unpaired) electrons. The predicted molar refractivity (Wildman–Crippen MR) is 54.2 cm³/mol. The number of hydrogen-bond acceptors (Lipinski definition) is 1. The van der Waals surface area contributed by atoms with Gasteiger partial charge in [0.25, 0.3) is 0 Å². The molecule has 0 bridgehead atoms. The number of halogens is 2. The van der Waals surface area contributed by atoms with E-state index in [-0.39, 0.29) is 11.7 Å². The normalized spacial score (nSPS) is 18.9. The van der Waals surface area contributed by atoms with Crippen LogP contribution in [0.4, 0.5) is 8.78 Å². The van der Waals surface area contributed by atoms with Crippen molar-refractivity contribution < 1.29 is 13.9 Å². The van der Waals surface area contributed by atoms with Crippen molar-refractivity contribution in [3.63, 3.8) is 0 Å². The molecule has 1 N–H and O–H groups in total. The zero-order valence-corrected chi connectivity index (χ0v) is 8.37. The van der Waals surface area contributed by atoms with Gasteiger partial charge >= 0.3 is 0 Å². The topological polar surface area (TPSA) is 20.2 Å². The lowest BCUT2D eigenvalue weighted by Crippen LogP contribution is -2.25. The summed E-state index contributed by atoms with van der Waals surface area (Å²) < 4.78 is 25.9. The fourth-order valence-corrected chi connectivity index (χ4v) is 2.16. The molecule has 1 atom stereocenters. The second-order valence-electron chi connectivity index (χ2n) is 4.11. The van der Waals surface area contributed by atoms with Gasteiger partial charge in [-0.3, -0.25) is 0 Å². The van der Waals surface area contributed by atoms with Gasteiger partial charge in [-0.15, -0.1) is 0 Å². The van der Waals surface area contributed by atoms with E-state index in [0.29, 0.717) is 5.56 Å². The van der Waals surface area contributed by atoms with E-state index < -0.39 is 12.3 Å². The van der Waals surface area contributed by atoms with E-state index in [0.717, 1.165) is 19.3 Å². The number of phenolic OH excluding ortho intramolecular Hbond substituents is 1. The van der Waals surface area contributed by atoms with Gasteiger partial charge in [0.2, 0.25) is 6.43 Å². The summed E-state index contributed by atoms with van der Waals surface area (Å²) >= 11 is 0. The van der Waals surface area contributed by atoms with Gasteiger partial charge in [0, 0.05) is 5.56 Å². The van der Waals surface area contributed by atoms with E-state index in [1.165, 1.54) is 6.07 Å². The molecule has 1 fully saturated rings. The quantitative estimate of drug-likeness (QED) is 0.812. The summed E-state index contributed by atoms with van der Waals surface area (Å²) in [5.74, 6) is -0.757. The van der Waals surface area contributed by atoms with E-state index >= 15 is 0 Å². The van der Waals surface area contributed by atoms with Crippen LogP contribution < -0.4 is 0 Å². The van der Waals surface area contributed by atoms with Gasteiger partial charge in [0.05, 0.1) is 5.92 Å². The molecule has 0 saturated heterocycles. The van der Waals surface area contributed by atoms with Crippen LogP contribution >= 0.6 is 0 Å². The molecule has 1 aromatic carbocycles.